The van der Waals surface area contributed by atoms with E-state index in [9.17, 15) is 4.79 Å². The molecule has 0 atom stereocenters. The van der Waals surface area contributed by atoms with Crippen LogP contribution in [0, 0.1) is 6.92 Å². The number of aromatic nitrogens is 4. The van der Waals surface area contributed by atoms with Gasteiger partial charge in [0.25, 0.3) is 5.56 Å². The second kappa shape index (κ2) is 7.72. The van der Waals surface area contributed by atoms with E-state index >= 15 is 0 Å². The summed E-state index contributed by atoms with van der Waals surface area (Å²) in [6.07, 6.45) is 4.22. The van der Waals surface area contributed by atoms with Crippen molar-refractivity contribution in [2.45, 2.75) is 19.9 Å². The lowest BCUT2D eigenvalue weighted by Gasteiger charge is -2.08. The predicted molar refractivity (Wildman–Crippen MR) is 121 cm³/mol. The van der Waals surface area contributed by atoms with Crippen molar-refractivity contribution in [2.24, 2.45) is 0 Å². The van der Waals surface area contributed by atoms with Crippen LogP contribution in [0.2, 0.25) is 0 Å². The van der Waals surface area contributed by atoms with Gasteiger partial charge >= 0.3 is 0 Å². The molecule has 0 saturated heterocycles. The van der Waals surface area contributed by atoms with Crippen molar-refractivity contribution in [1.29, 1.82) is 0 Å². The molecule has 0 aliphatic rings. The summed E-state index contributed by atoms with van der Waals surface area (Å²) in [5.74, 6) is 1.51. The van der Waals surface area contributed by atoms with Crippen LogP contribution >= 0.6 is 11.3 Å². The third-order valence-corrected chi connectivity index (χ3v) is 6.17. The van der Waals surface area contributed by atoms with E-state index in [1.807, 2.05) is 61.7 Å². The van der Waals surface area contributed by atoms with Crippen LogP contribution < -0.4 is 5.56 Å². The number of thiophene rings is 1. The van der Waals surface area contributed by atoms with Gasteiger partial charge in [-0.2, -0.15) is 0 Å². The zero-order valence-corrected chi connectivity index (χ0v) is 17.3. The van der Waals surface area contributed by atoms with Crippen molar-refractivity contribution < 1.29 is 0 Å². The van der Waals surface area contributed by atoms with Crippen molar-refractivity contribution in [3.8, 4) is 11.1 Å². The molecule has 0 spiro atoms. The van der Waals surface area contributed by atoms with Gasteiger partial charge in [0, 0.05) is 29.4 Å². The summed E-state index contributed by atoms with van der Waals surface area (Å²) >= 11 is 1.56. The van der Waals surface area contributed by atoms with Crippen LogP contribution in [0.4, 0.5) is 0 Å². The number of imidazole rings is 1. The number of nitrogens with one attached hydrogen (secondary N) is 1. The summed E-state index contributed by atoms with van der Waals surface area (Å²) in [6, 6.07) is 20.3. The van der Waals surface area contributed by atoms with E-state index in [4.69, 9.17) is 4.98 Å². The van der Waals surface area contributed by atoms with Crippen LogP contribution in [-0.2, 0) is 13.0 Å². The molecule has 0 aliphatic carbocycles. The lowest BCUT2D eigenvalue weighted by Crippen LogP contribution is -2.14. The molecule has 0 saturated carbocycles. The van der Waals surface area contributed by atoms with E-state index in [1.165, 1.54) is 5.56 Å². The second-order valence-electron chi connectivity index (χ2n) is 7.23. The van der Waals surface area contributed by atoms with Gasteiger partial charge in [-0.3, -0.25) is 4.79 Å². The van der Waals surface area contributed by atoms with Crippen LogP contribution in [0.5, 0.6) is 0 Å². The minimum atomic E-state index is -0.0978. The maximum atomic E-state index is 13.0. The Hall–Kier alpha value is -3.51. The average Bonchev–Trinajstić information content (AvgIpc) is 3.33. The number of aromatic amines is 1. The van der Waals surface area contributed by atoms with E-state index in [0.717, 1.165) is 33.2 Å². The molecule has 0 radical (unpaired) electrons. The number of rotatable bonds is 5. The maximum Gasteiger partial charge on any atom is 0.260 e. The minimum absolute atomic E-state index is 0.0978. The van der Waals surface area contributed by atoms with E-state index in [1.54, 1.807) is 17.5 Å². The molecule has 148 valence electrons. The zero-order valence-electron chi connectivity index (χ0n) is 16.5. The topological polar surface area (TPSA) is 63.6 Å². The quantitative estimate of drug-likeness (QED) is 0.451. The number of nitrogens with zero attached hydrogens (tertiary/aromatic N) is 3. The fraction of sp³-hybridized carbons (Fsp3) is 0.125. The van der Waals surface area contributed by atoms with Crippen LogP contribution in [0.3, 0.4) is 0 Å². The molecule has 6 heteroatoms. The Morgan fingerprint density at radius 3 is 2.53 bits per heavy atom. The first-order valence-corrected chi connectivity index (χ1v) is 10.6. The van der Waals surface area contributed by atoms with Crippen LogP contribution in [0.1, 0.15) is 22.1 Å². The number of fused-ring (bicyclic) bond motifs is 1. The van der Waals surface area contributed by atoms with E-state index in [-0.39, 0.29) is 5.56 Å². The summed E-state index contributed by atoms with van der Waals surface area (Å²) in [6.45, 7) is 2.78. The third kappa shape index (κ3) is 3.46. The second-order valence-corrected chi connectivity index (χ2v) is 8.43. The molecule has 3 aromatic heterocycles. The van der Waals surface area contributed by atoms with Gasteiger partial charge in [0.2, 0.25) is 0 Å². The smallest absolute Gasteiger partial charge is 0.260 e. The van der Waals surface area contributed by atoms with Crippen molar-refractivity contribution >= 4 is 21.6 Å². The lowest BCUT2D eigenvalue weighted by molar-refractivity contribution is 0.728. The first-order valence-electron chi connectivity index (χ1n) is 9.80. The summed E-state index contributed by atoms with van der Waals surface area (Å²) < 4.78 is 2.09. The molecule has 0 fully saturated rings. The van der Waals surface area contributed by atoms with Crippen LogP contribution in [0.25, 0.3) is 21.3 Å². The summed E-state index contributed by atoms with van der Waals surface area (Å²) in [5.41, 5.74) is 3.12. The molecule has 1 N–H and O–H groups in total. The largest absolute Gasteiger partial charge is 0.330 e. The Balaban J connectivity index is 1.50. The highest BCUT2D eigenvalue weighted by atomic mass is 32.1. The molecular weight excluding hydrogens is 392 g/mol. The van der Waals surface area contributed by atoms with Gasteiger partial charge in [-0.05, 0) is 18.1 Å². The van der Waals surface area contributed by atoms with Gasteiger partial charge in [-0.1, -0.05) is 60.7 Å². The van der Waals surface area contributed by atoms with Gasteiger partial charge < -0.3 is 9.55 Å². The monoisotopic (exact) mass is 412 g/mol. The Morgan fingerprint density at radius 2 is 1.77 bits per heavy atom. The van der Waals surface area contributed by atoms with Crippen molar-refractivity contribution in [2.75, 3.05) is 0 Å². The highest BCUT2D eigenvalue weighted by molar-refractivity contribution is 7.19. The summed E-state index contributed by atoms with van der Waals surface area (Å²) in [7, 11) is 0. The van der Waals surface area contributed by atoms with Gasteiger partial charge in [0.05, 0.1) is 11.8 Å². The SMILES string of the molecule is Cc1sc2nc(Cc3nccn3Cc3ccccc3)[nH]c(=O)c2c1-c1ccccc1. The first kappa shape index (κ1) is 18.5. The van der Waals surface area contributed by atoms with Crippen molar-refractivity contribution in [3.05, 3.63) is 106 Å². The fourth-order valence-corrected chi connectivity index (χ4v) is 4.85. The molecule has 5 rings (SSSR count). The number of H-pyrrole nitrogens is 1. The molecular formula is C24H20N4OS. The fourth-order valence-electron chi connectivity index (χ4n) is 3.78. The van der Waals surface area contributed by atoms with Gasteiger partial charge in [0.1, 0.15) is 16.5 Å². The first-order chi connectivity index (χ1) is 14.7. The molecule has 2 aromatic carbocycles. The molecule has 0 bridgehead atoms. The van der Waals surface area contributed by atoms with Gasteiger partial charge in [0.15, 0.2) is 0 Å². The molecule has 30 heavy (non-hydrogen) atoms. The number of aryl methyl sites for hydroxylation is 1. The summed E-state index contributed by atoms with van der Waals surface area (Å²) in [5, 5.41) is 0.667. The summed E-state index contributed by atoms with van der Waals surface area (Å²) in [4.78, 5) is 27.1. The predicted octanol–water partition coefficient (Wildman–Crippen LogP) is 4.80. The van der Waals surface area contributed by atoms with Crippen LogP contribution in [0.15, 0.2) is 77.9 Å². The van der Waals surface area contributed by atoms with E-state index in [2.05, 4.69) is 26.7 Å². The molecule has 0 unspecified atom stereocenters. The Morgan fingerprint density at radius 1 is 1.03 bits per heavy atom. The van der Waals surface area contributed by atoms with E-state index in [0.29, 0.717) is 17.6 Å². The van der Waals surface area contributed by atoms with Crippen molar-refractivity contribution in [3.63, 3.8) is 0 Å². The van der Waals surface area contributed by atoms with Gasteiger partial charge in [-0.15, -0.1) is 11.3 Å². The highest BCUT2D eigenvalue weighted by Gasteiger charge is 2.17. The molecule has 0 aliphatic heterocycles. The molecule has 5 nitrogen and oxygen atoms in total. The maximum absolute atomic E-state index is 13.0. The molecule has 3 heterocycles. The van der Waals surface area contributed by atoms with Crippen LogP contribution in [-0.4, -0.2) is 19.5 Å². The standard InChI is InChI=1S/C24H20N4OS/c1-16-21(18-10-6-3-7-11-18)22-23(29)26-19(27-24(22)30-16)14-20-25-12-13-28(20)15-17-8-4-2-5-9-17/h2-13H,14-15H2,1H3,(H,26,27,29). The third-order valence-electron chi connectivity index (χ3n) is 5.17. The van der Waals surface area contributed by atoms with E-state index < -0.39 is 0 Å². The number of benzene rings is 2. The van der Waals surface area contributed by atoms with Crippen molar-refractivity contribution in [1.82, 2.24) is 19.5 Å². The normalized spacial score (nSPS) is 11.2. The molecule has 0 amide bonds. The Bertz CT molecular complexity index is 1370. The lowest BCUT2D eigenvalue weighted by atomic mass is 10.0. The van der Waals surface area contributed by atoms with Gasteiger partial charge in [-0.25, -0.2) is 9.97 Å². The molecule has 5 aromatic rings. The Labute approximate surface area is 177 Å². The number of hydrogen-bond acceptors (Lipinski definition) is 4. The number of hydrogen-bond donors (Lipinski definition) is 1. The highest BCUT2D eigenvalue weighted by Crippen LogP contribution is 2.35. The Kier molecular flexibility index (Phi) is 4.77. The minimum Gasteiger partial charge on any atom is -0.330 e. The average molecular weight is 413 g/mol. The zero-order chi connectivity index (χ0) is 20.5.